The molecule has 2 aromatic heterocycles. The van der Waals surface area contributed by atoms with Gasteiger partial charge in [0.25, 0.3) is 0 Å². The highest BCUT2D eigenvalue weighted by Gasteiger charge is 2.13. The third-order valence-electron chi connectivity index (χ3n) is 4.54. The molecule has 6 nitrogen and oxygen atoms in total. The first-order valence-electron chi connectivity index (χ1n) is 9.20. The molecule has 0 aliphatic carbocycles. The molecule has 0 bridgehead atoms. The highest BCUT2D eigenvalue weighted by atomic mass is 32.2. The van der Waals surface area contributed by atoms with E-state index in [0.717, 1.165) is 29.4 Å². The van der Waals surface area contributed by atoms with Crippen molar-refractivity contribution in [3.63, 3.8) is 0 Å². The molecule has 0 aliphatic rings. The maximum absolute atomic E-state index is 5.40. The number of hydrogen-bond donors (Lipinski definition) is 0. The molecule has 0 saturated carbocycles. The van der Waals surface area contributed by atoms with Gasteiger partial charge in [-0.2, -0.15) is 4.98 Å². The van der Waals surface area contributed by atoms with Gasteiger partial charge in [0.1, 0.15) is 5.82 Å². The molecule has 2 heterocycles. The van der Waals surface area contributed by atoms with Gasteiger partial charge >= 0.3 is 0 Å². The van der Waals surface area contributed by atoms with Gasteiger partial charge in [-0.15, -0.1) is 10.2 Å². The molecule has 0 amide bonds. The van der Waals surface area contributed by atoms with Crippen molar-refractivity contribution in [3.8, 4) is 11.4 Å². The van der Waals surface area contributed by atoms with Gasteiger partial charge in [-0.3, -0.25) is 0 Å². The molecule has 4 rings (SSSR count). The zero-order valence-electron chi connectivity index (χ0n) is 15.9. The third-order valence-corrected chi connectivity index (χ3v) is 5.55. The van der Waals surface area contributed by atoms with Gasteiger partial charge in [0.2, 0.25) is 11.7 Å². The fourth-order valence-electron chi connectivity index (χ4n) is 2.85. The van der Waals surface area contributed by atoms with Crippen molar-refractivity contribution in [3.05, 3.63) is 77.4 Å². The Morgan fingerprint density at radius 2 is 1.75 bits per heavy atom. The van der Waals surface area contributed by atoms with Crippen molar-refractivity contribution in [2.45, 2.75) is 30.7 Å². The molecule has 0 radical (unpaired) electrons. The number of rotatable bonds is 7. The van der Waals surface area contributed by atoms with E-state index in [1.165, 1.54) is 22.9 Å². The van der Waals surface area contributed by atoms with Crippen molar-refractivity contribution in [1.29, 1.82) is 0 Å². The summed E-state index contributed by atoms with van der Waals surface area (Å²) in [6.45, 7) is 2.14. The summed E-state index contributed by atoms with van der Waals surface area (Å²) >= 11 is 1.54. The molecule has 0 fully saturated rings. The quantitative estimate of drug-likeness (QED) is 0.437. The second kappa shape index (κ2) is 8.39. The van der Waals surface area contributed by atoms with Gasteiger partial charge in [-0.25, -0.2) is 0 Å². The predicted octanol–water partition coefficient (Wildman–Crippen LogP) is 4.31. The number of hydrogen-bond acceptors (Lipinski definition) is 6. The van der Waals surface area contributed by atoms with E-state index >= 15 is 0 Å². The molecular weight excluding hydrogens is 370 g/mol. The van der Waals surface area contributed by atoms with Gasteiger partial charge in [0.15, 0.2) is 5.16 Å². The normalized spacial score (nSPS) is 11.1. The summed E-state index contributed by atoms with van der Waals surface area (Å²) in [5, 5.41) is 13.5. The summed E-state index contributed by atoms with van der Waals surface area (Å²) < 4.78 is 7.41. The number of nitrogens with zero attached hydrogens (tertiary/aromatic N) is 5. The lowest BCUT2D eigenvalue weighted by molar-refractivity contribution is 0.391. The van der Waals surface area contributed by atoms with E-state index in [1.54, 1.807) is 0 Å². The summed E-state index contributed by atoms with van der Waals surface area (Å²) in [6, 6.07) is 18.5. The minimum absolute atomic E-state index is 0.553. The zero-order valence-corrected chi connectivity index (χ0v) is 16.7. The lowest BCUT2D eigenvalue weighted by atomic mass is 10.1. The van der Waals surface area contributed by atoms with E-state index in [9.17, 15) is 0 Å². The van der Waals surface area contributed by atoms with E-state index in [-0.39, 0.29) is 0 Å². The lowest BCUT2D eigenvalue weighted by Gasteiger charge is -2.03. The average Bonchev–Trinajstić information content (AvgIpc) is 3.35. The number of benzene rings is 2. The lowest BCUT2D eigenvalue weighted by Crippen LogP contribution is -2.00. The highest BCUT2D eigenvalue weighted by molar-refractivity contribution is 7.98. The van der Waals surface area contributed by atoms with E-state index in [0.29, 0.717) is 17.5 Å². The van der Waals surface area contributed by atoms with Crippen molar-refractivity contribution in [2.75, 3.05) is 0 Å². The SMILES string of the molecule is CCc1ccc(-c2noc(CSc3nnc(Cc4ccccc4)n3C)n2)cc1. The van der Waals surface area contributed by atoms with Crippen molar-refractivity contribution in [1.82, 2.24) is 24.9 Å². The van der Waals surface area contributed by atoms with Crippen LogP contribution >= 0.6 is 11.8 Å². The third kappa shape index (κ3) is 4.14. The Bertz CT molecular complexity index is 1040. The summed E-state index contributed by atoms with van der Waals surface area (Å²) in [5.41, 5.74) is 3.46. The van der Waals surface area contributed by atoms with Gasteiger partial charge in [-0.05, 0) is 17.5 Å². The molecule has 0 saturated heterocycles. The van der Waals surface area contributed by atoms with E-state index < -0.39 is 0 Å². The fraction of sp³-hybridized carbons (Fsp3) is 0.238. The highest BCUT2D eigenvalue weighted by Crippen LogP contribution is 2.23. The summed E-state index contributed by atoms with van der Waals surface area (Å²) in [4.78, 5) is 4.50. The fourth-order valence-corrected chi connectivity index (χ4v) is 3.62. The van der Waals surface area contributed by atoms with Crippen LogP contribution in [0.1, 0.15) is 29.8 Å². The zero-order chi connectivity index (χ0) is 19.3. The molecule has 28 heavy (non-hydrogen) atoms. The Morgan fingerprint density at radius 1 is 0.964 bits per heavy atom. The van der Waals surface area contributed by atoms with Crippen LogP contribution in [0.25, 0.3) is 11.4 Å². The molecular formula is C21H21N5OS. The summed E-state index contributed by atoms with van der Waals surface area (Å²) in [7, 11) is 1.98. The van der Waals surface area contributed by atoms with E-state index in [4.69, 9.17) is 4.52 Å². The Kier molecular flexibility index (Phi) is 5.53. The van der Waals surface area contributed by atoms with Gasteiger partial charge in [0.05, 0.1) is 5.75 Å². The average molecular weight is 392 g/mol. The van der Waals surface area contributed by atoms with Crippen LogP contribution in [0.2, 0.25) is 0 Å². The van der Waals surface area contributed by atoms with Crippen LogP contribution < -0.4 is 0 Å². The molecule has 142 valence electrons. The van der Waals surface area contributed by atoms with E-state index in [1.807, 2.05) is 41.9 Å². The largest absolute Gasteiger partial charge is 0.338 e. The maximum atomic E-state index is 5.40. The molecule has 2 aromatic carbocycles. The van der Waals surface area contributed by atoms with Crippen LogP contribution in [-0.2, 0) is 25.6 Å². The molecule has 0 unspecified atom stereocenters. The molecule has 0 atom stereocenters. The van der Waals surface area contributed by atoms with Crippen molar-refractivity contribution < 1.29 is 4.52 Å². The molecule has 4 aromatic rings. The van der Waals surface area contributed by atoms with E-state index in [2.05, 4.69) is 51.5 Å². The topological polar surface area (TPSA) is 69.6 Å². The second-order valence-corrected chi connectivity index (χ2v) is 7.41. The first-order valence-corrected chi connectivity index (χ1v) is 10.2. The standard InChI is InChI=1S/C21H21N5OS/c1-3-15-9-11-17(12-10-15)20-22-19(27-25-20)14-28-21-24-23-18(26(21)2)13-16-7-5-4-6-8-16/h4-12H,3,13-14H2,1-2H3. The minimum Gasteiger partial charge on any atom is -0.338 e. The number of thioether (sulfide) groups is 1. The van der Waals surface area contributed by atoms with Gasteiger partial charge in [0, 0.05) is 19.0 Å². The Hall–Kier alpha value is -2.93. The first kappa shape index (κ1) is 18.4. The molecule has 0 spiro atoms. The smallest absolute Gasteiger partial charge is 0.237 e. The van der Waals surface area contributed by atoms with Crippen molar-refractivity contribution >= 4 is 11.8 Å². The van der Waals surface area contributed by atoms with Crippen LogP contribution in [-0.4, -0.2) is 24.9 Å². The summed E-state index contributed by atoms with van der Waals surface area (Å²) in [5.74, 6) is 2.67. The number of aromatic nitrogens is 5. The van der Waals surface area contributed by atoms with Crippen LogP contribution in [0.5, 0.6) is 0 Å². The molecule has 7 heteroatoms. The molecule has 0 N–H and O–H groups in total. The van der Waals surface area contributed by atoms with Crippen molar-refractivity contribution in [2.24, 2.45) is 7.05 Å². The van der Waals surface area contributed by atoms with Crippen LogP contribution in [0, 0.1) is 0 Å². The second-order valence-electron chi connectivity index (χ2n) is 6.47. The number of aryl methyl sites for hydroxylation is 1. The van der Waals surface area contributed by atoms with Crippen LogP contribution in [0.15, 0.2) is 64.3 Å². The monoisotopic (exact) mass is 391 g/mol. The summed E-state index contributed by atoms with van der Waals surface area (Å²) in [6.07, 6.45) is 1.77. The maximum Gasteiger partial charge on any atom is 0.237 e. The predicted molar refractivity (Wildman–Crippen MR) is 109 cm³/mol. The Balaban J connectivity index is 1.40. The minimum atomic E-state index is 0.553. The Labute approximate surface area is 168 Å². The first-order chi connectivity index (χ1) is 13.7. The van der Waals surface area contributed by atoms with Crippen LogP contribution in [0.4, 0.5) is 0 Å². The van der Waals surface area contributed by atoms with Gasteiger partial charge < -0.3 is 9.09 Å². The molecule has 0 aliphatic heterocycles. The Morgan fingerprint density at radius 3 is 2.50 bits per heavy atom. The van der Waals surface area contributed by atoms with Gasteiger partial charge in [-0.1, -0.05) is 78.4 Å². The van der Waals surface area contributed by atoms with Crippen LogP contribution in [0.3, 0.4) is 0 Å².